The number of hydrogen-bond acceptors (Lipinski definition) is 8. The first kappa shape index (κ1) is 43.3. The summed E-state index contributed by atoms with van der Waals surface area (Å²) >= 11 is 0. The molecule has 1 saturated carbocycles. The second kappa shape index (κ2) is 17.9. The molecule has 3 fully saturated rings. The fraction of sp³-hybridized carbons (Fsp3) is 0.373. The number of nitrogens with zero attached hydrogens (tertiary/aromatic N) is 4. The second-order valence-electron chi connectivity index (χ2n) is 18.2. The van der Waals surface area contributed by atoms with Crippen molar-refractivity contribution >= 4 is 34.8 Å². The molecule has 5 atom stereocenters. The topological polar surface area (TPSA) is 175 Å². The Morgan fingerprint density at radius 3 is 2.00 bits per heavy atom. The number of methoxy groups -OCH3 is 2. The number of carbonyl (C=O) groups excluding carboxylic acids is 4. The number of nitrogens with one attached hydrogen (secondary N) is 4. The highest BCUT2D eigenvalue weighted by molar-refractivity contribution is 5.91. The number of hydrogen-bond donors (Lipinski definition) is 4. The molecule has 1 unspecified atom stereocenters. The first-order valence-electron chi connectivity index (χ1n) is 22.6. The van der Waals surface area contributed by atoms with Crippen molar-refractivity contribution in [2.45, 2.75) is 77.0 Å². The Kier molecular flexibility index (Phi) is 11.9. The van der Waals surface area contributed by atoms with Crippen molar-refractivity contribution in [1.82, 2.24) is 40.4 Å². The molecule has 336 valence electrons. The smallest absolute Gasteiger partial charge is 0.407 e. The van der Waals surface area contributed by atoms with E-state index in [4.69, 9.17) is 19.4 Å². The SMILES string of the molecule is CC[C@@H]1CCN(C(=O)[C@@H](NC(=O)OC)C(C)C)[C@@H]1c1ncc(-c2ccc(-c3ccc4cc(-c5cnc([C@@H]6CC7(CC7)CN6C(=O)C(NC(=O)OC)c6ccccc6)[nH]5)ccc4c3)cc2)[nH]1. The van der Waals surface area contributed by atoms with Crippen LogP contribution in [0, 0.1) is 17.3 Å². The Labute approximate surface area is 378 Å². The van der Waals surface area contributed by atoms with Gasteiger partial charge >= 0.3 is 12.2 Å². The second-order valence-corrected chi connectivity index (χ2v) is 18.2. The molecular weight excluding hydrogens is 821 g/mol. The number of likely N-dealkylation sites (tertiary alicyclic amines) is 2. The van der Waals surface area contributed by atoms with E-state index in [-0.39, 0.29) is 41.1 Å². The summed E-state index contributed by atoms with van der Waals surface area (Å²) in [5, 5.41) is 7.69. The molecule has 3 aliphatic rings. The van der Waals surface area contributed by atoms with Gasteiger partial charge in [-0.2, -0.15) is 0 Å². The van der Waals surface area contributed by atoms with Crippen LogP contribution in [0.3, 0.4) is 0 Å². The largest absolute Gasteiger partial charge is 0.453 e. The lowest BCUT2D eigenvalue weighted by molar-refractivity contribution is -0.136. The standard InChI is InChI=1S/C51H56N8O6/c1-6-31-20-23-58(47(60)42(30(2)3)56-49(62)64-4)44(31)46-53-27-39(55-46)33-14-12-32(13-15-33)35-16-17-37-25-38(19-18-36(37)24-35)40-28-52-45(54-40)41-26-51(21-22-51)29-59(41)48(61)43(57-50(63)65-5)34-10-8-7-9-11-34/h7-19,24-25,27-28,30-31,41-44H,6,20-23,26,29H2,1-5H3,(H,52,54)(H,53,55)(H,56,62)(H,57,63)/t31-,41+,42+,43?,44+/m1/s1. The van der Waals surface area contributed by atoms with E-state index >= 15 is 0 Å². The van der Waals surface area contributed by atoms with Crippen molar-refractivity contribution in [3.8, 4) is 33.6 Å². The number of amides is 4. The van der Waals surface area contributed by atoms with Gasteiger partial charge in [0.25, 0.3) is 5.91 Å². The minimum atomic E-state index is -0.882. The molecule has 2 saturated heterocycles. The summed E-state index contributed by atoms with van der Waals surface area (Å²) in [7, 11) is 2.60. The van der Waals surface area contributed by atoms with E-state index in [0.717, 1.165) is 88.2 Å². The molecule has 6 aromatic rings. The number of H-pyrrole nitrogens is 2. The number of carbonyl (C=O) groups is 4. The van der Waals surface area contributed by atoms with E-state index in [1.54, 1.807) is 0 Å². The molecule has 4 N–H and O–H groups in total. The van der Waals surface area contributed by atoms with Gasteiger partial charge in [0, 0.05) is 18.7 Å². The van der Waals surface area contributed by atoms with E-state index in [2.05, 4.69) is 88.2 Å². The lowest BCUT2D eigenvalue weighted by atomic mass is 9.96. The van der Waals surface area contributed by atoms with Gasteiger partial charge in [-0.3, -0.25) is 9.59 Å². The zero-order chi connectivity index (χ0) is 45.4. The van der Waals surface area contributed by atoms with E-state index in [0.29, 0.717) is 18.7 Å². The molecule has 14 heteroatoms. The Bertz CT molecular complexity index is 2710. The molecule has 9 rings (SSSR count). The van der Waals surface area contributed by atoms with Gasteiger partial charge in [0.15, 0.2) is 0 Å². The zero-order valence-corrected chi connectivity index (χ0v) is 37.5. The van der Waals surface area contributed by atoms with Gasteiger partial charge < -0.3 is 39.9 Å². The van der Waals surface area contributed by atoms with Crippen molar-refractivity contribution in [1.29, 1.82) is 0 Å². The van der Waals surface area contributed by atoms with Crippen molar-refractivity contribution < 1.29 is 28.7 Å². The maximum Gasteiger partial charge on any atom is 0.407 e. The highest BCUT2D eigenvalue weighted by atomic mass is 16.5. The molecule has 2 aromatic heterocycles. The number of fused-ring (bicyclic) bond motifs is 1. The number of benzene rings is 4. The van der Waals surface area contributed by atoms with Crippen LogP contribution in [0.5, 0.6) is 0 Å². The van der Waals surface area contributed by atoms with Crippen LogP contribution in [0.15, 0.2) is 103 Å². The van der Waals surface area contributed by atoms with Crippen LogP contribution in [-0.2, 0) is 19.1 Å². The molecule has 4 heterocycles. The molecule has 1 spiro atoms. The Morgan fingerprint density at radius 2 is 1.34 bits per heavy atom. The lowest BCUT2D eigenvalue weighted by Crippen LogP contribution is -2.51. The maximum absolute atomic E-state index is 14.3. The summed E-state index contributed by atoms with van der Waals surface area (Å²) in [5.41, 5.74) is 6.65. The fourth-order valence-corrected chi connectivity index (χ4v) is 9.85. The van der Waals surface area contributed by atoms with Crippen molar-refractivity contribution in [3.63, 3.8) is 0 Å². The van der Waals surface area contributed by atoms with Gasteiger partial charge in [-0.05, 0) is 88.1 Å². The van der Waals surface area contributed by atoms with Crippen molar-refractivity contribution in [2.24, 2.45) is 17.3 Å². The monoisotopic (exact) mass is 876 g/mol. The first-order valence-corrected chi connectivity index (χ1v) is 22.6. The third kappa shape index (κ3) is 8.69. The highest BCUT2D eigenvalue weighted by Gasteiger charge is 2.55. The quantitative estimate of drug-likeness (QED) is 0.0942. The number of imidazole rings is 2. The van der Waals surface area contributed by atoms with Crippen LogP contribution in [0.1, 0.15) is 88.2 Å². The van der Waals surface area contributed by atoms with Crippen LogP contribution < -0.4 is 10.6 Å². The Balaban J connectivity index is 0.899. The summed E-state index contributed by atoms with van der Waals surface area (Å²) < 4.78 is 9.71. The molecule has 0 radical (unpaired) electrons. The van der Waals surface area contributed by atoms with Gasteiger partial charge in [0.1, 0.15) is 23.7 Å². The summed E-state index contributed by atoms with van der Waals surface area (Å²) in [4.78, 5) is 73.1. The van der Waals surface area contributed by atoms with Gasteiger partial charge in [-0.15, -0.1) is 0 Å². The fourth-order valence-electron chi connectivity index (χ4n) is 9.85. The average molecular weight is 877 g/mol. The van der Waals surface area contributed by atoms with Crippen LogP contribution in [0.2, 0.25) is 0 Å². The van der Waals surface area contributed by atoms with Gasteiger partial charge in [-0.25, -0.2) is 19.6 Å². The third-order valence-corrected chi connectivity index (χ3v) is 13.8. The minimum absolute atomic E-state index is 0.0767. The van der Waals surface area contributed by atoms with E-state index in [1.165, 1.54) is 14.2 Å². The third-order valence-electron chi connectivity index (χ3n) is 13.8. The van der Waals surface area contributed by atoms with Crippen LogP contribution in [-0.4, -0.2) is 87.1 Å². The van der Waals surface area contributed by atoms with Gasteiger partial charge in [-0.1, -0.05) is 106 Å². The normalized spacial score (nSPS) is 19.6. The predicted molar refractivity (Wildman–Crippen MR) is 247 cm³/mol. The predicted octanol–water partition coefficient (Wildman–Crippen LogP) is 9.12. The lowest BCUT2D eigenvalue weighted by Gasteiger charge is -2.31. The Hall–Kier alpha value is -6.96. The van der Waals surface area contributed by atoms with Crippen LogP contribution in [0.25, 0.3) is 44.4 Å². The summed E-state index contributed by atoms with van der Waals surface area (Å²) in [6, 6.07) is 28.4. The molecule has 1 aliphatic carbocycles. The summed E-state index contributed by atoms with van der Waals surface area (Å²) in [6.07, 6.45) is 7.09. The number of aromatic nitrogens is 4. The molecule has 4 amide bonds. The van der Waals surface area contributed by atoms with E-state index < -0.39 is 24.3 Å². The van der Waals surface area contributed by atoms with Crippen molar-refractivity contribution in [2.75, 3.05) is 27.3 Å². The molecule has 0 bridgehead atoms. The number of aromatic amines is 2. The minimum Gasteiger partial charge on any atom is -0.453 e. The van der Waals surface area contributed by atoms with Crippen LogP contribution >= 0.6 is 0 Å². The highest BCUT2D eigenvalue weighted by Crippen LogP contribution is 2.58. The number of ether oxygens (including phenoxy) is 2. The van der Waals surface area contributed by atoms with Gasteiger partial charge in [0.05, 0.1) is 50.1 Å². The average Bonchev–Trinajstić information content (AvgIpc) is 3.83. The summed E-state index contributed by atoms with van der Waals surface area (Å²) in [5.74, 6) is 1.28. The first-order chi connectivity index (χ1) is 31.5. The van der Waals surface area contributed by atoms with Gasteiger partial charge in [0.2, 0.25) is 5.91 Å². The molecule has 14 nitrogen and oxygen atoms in total. The summed E-state index contributed by atoms with van der Waals surface area (Å²) in [6.45, 7) is 7.18. The van der Waals surface area contributed by atoms with E-state index in [1.807, 2.05) is 66.4 Å². The number of rotatable bonds is 12. The molecular formula is C51H56N8O6. The van der Waals surface area contributed by atoms with E-state index in [9.17, 15) is 19.2 Å². The molecule has 2 aliphatic heterocycles. The number of alkyl carbamates (subject to hydrolysis) is 2. The Morgan fingerprint density at radius 1 is 0.738 bits per heavy atom. The zero-order valence-electron chi connectivity index (χ0n) is 37.5. The van der Waals surface area contributed by atoms with Crippen molar-refractivity contribution in [3.05, 3.63) is 121 Å². The molecule has 65 heavy (non-hydrogen) atoms. The molecule has 4 aromatic carbocycles. The maximum atomic E-state index is 14.3. The van der Waals surface area contributed by atoms with Crippen LogP contribution in [0.4, 0.5) is 9.59 Å².